The molecule has 0 aliphatic rings. The van der Waals surface area contributed by atoms with Crippen LogP contribution in [0.1, 0.15) is 33.2 Å². The largest absolute Gasteiger partial charge is 0.431 e. The summed E-state index contributed by atoms with van der Waals surface area (Å²) in [7, 11) is 0. The fourth-order valence-electron chi connectivity index (χ4n) is 2.72. The van der Waals surface area contributed by atoms with Crippen LogP contribution in [0.5, 0.6) is 0 Å². The molecule has 1 aromatic heterocycles. The number of rotatable bonds is 4. The maximum Gasteiger partial charge on any atom is 0.431 e. The van der Waals surface area contributed by atoms with Crippen molar-refractivity contribution in [1.29, 1.82) is 0 Å². The number of aromatic amines is 1. The fourth-order valence-corrected chi connectivity index (χ4v) is 3.13. The summed E-state index contributed by atoms with van der Waals surface area (Å²) in [6.07, 6.45) is -4.70. The highest BCUT2D eigenvalue weighted by molar-refractivity contribution is 9.10. The van der Waals surface area contributed by atoms with Gasteiger partial charge in [-0.2, -0.15) is 13.2 Å². The number of halogens is 4. The minimum Gasteiger partial charge on any atom is -0.341 e. The average molecular weight is 451 g/mol. The van der Waals surface area contributed by atoms with Gasteiger partial charge in [0.15, 0.2) is 0 Å². The number of alkyl halides is 3. The summed E-state index contributed by atoms with van der Waals surface area (Å²) in [6, 6.07) is 17.2. The van der Waals surface area contributed by atoms with Gasteiger partial charge in [-0.1, -0.05) is 58.4 Å². The number of amides is 1. The Morgan fingerprint density at radius 3 is 2.25 bits per heavy atom. The van der Waals surface area contributed by atoms with E-state index in [0.717, 1.165) is 21.7 Å². The first-order valence-corrected chi connectivity index (χ1v) is 8.97. The summed E-state index contributed by atoms with van der Waals surface area (Å²) < 4.78 is 38.9. The van der Waals surface area contributed by atoms with Gasteiger partial charge in [-0.15, -0.1) is 0 Å². The molecule has 28 heavy (non-hydrogen) atoms. The van der Waals surface area contributed by atoms with Crippen LogP contribution < -0.4 is 10.9 Å². The summed E-state index contributed by atoms with van der Waals surface area (Å²) in [6.45, 7) is 0. The number of carbonyl (C=O) groups is 1. The van der Waals surface area contributed by atoms with Crippen LogP contribution in [0, 0.1) is 0 Å². The quantitative estimate of drug-likeness (QED) is 0.606. The molecule has 1 atom stereocenters. The van der Waals surface area contributed by atoms with Gasteiger partial charge in [0.1, 0.15) is 11.3 Å². The van der Waals surface area contributed by atoms with E-state index in [4.69, 9.17) is 0 Å². The number of hydrogen-bond acceptors (Lipinski definition) is 2. The summed E-state index contributed by atoms with van der Waals surface area (Å²) in [5, 5.41) is 2.73. The first-order chi connectivity index (χ1) is 13.3. The molecule has 0 saturated heterocycles. The molecule has 0 saturated carbocycles. The lowest BCUT2D eigenvalue weighted by molar-refractivity contribution is -0.141. The lowest BCUT2D eigenvalue weighted by atomic mass is 9.98. The number of hydrogen-bond donors (Lipinski definition) is 2. The Morgan fingerprint density at radius 2 is 1.64 bits per heavy atom. The number of nitrogens with one attached hydrogen (secondary N) is 2. The van der Waals surface area contributed by atoms with Crippen LogP contribution in [0.15, 0.2) is 76.0 Å². The molecule has 3 aromatic rings. The Hall–Kier alpha value is -2.87. The molecular formula is C20H14BrF3N2O2. The third kappa shape index (κ3) is 4.51. The normalized spacial score (nSPS) is 12.4. The van der Waals surface area contributed by atoms with Crippen molar-refractivity contribution in [3.05, 3.63) is 104 Å². The average Bonchev–Trinajstić information content (AvgIpc) is 2.65. The van der Waals surface area contributed by atoms with E-state index in [1.807, 2.05) is 30.3 Å². The monoisotopic (exact) mass is 450 g/mol. The molecule has 1 unspecified atom stereocenters. The van der Waals surface area contributed by atoms with Gasteiger partial charge < -0.3 is 10.3 Å². The van der Waals surface area contributed by atoms with Crippen LogP contribution in [-0.2, 0) is 6.18 Å². The molecule has 0 spiro atoms. The molecule has 8 heteroatoms. The van der Waals surface area contributed by atoms with Crippen molar-refractivity contribution in [2.24, 2.45) is 0 Å². The van der Waals surface area contributed by atoms with E-state index in [2.05, 4.69) is 21.2 Å². The molecule has 0 fully saturated rings. The molecule has 0 aliphatic carbocycles. The van der Waals surface area contributed by atoms with Gasteiger partial charge in [0.25, 0.3) is 11.5 Å². The second kappa shape index (κ2) is 8.02. The number of H-pyrrole nitrogens is 1. The standard InChI is InChI=1S/C20H14BrF3N2O2/c21-14-8-4-7-13(11-14)17(12-5-2-1-3-6-12)26-19(28)15-9-10-16(20(22,23)24)25-18(15)27/h1-11,17H,(H,25,27)(H,26,28). The second-order valence-electron chi connectivity index (χ2n) is 5.98. The maximum absolute atomic E-state index is 12.7. The predicted octanol–water partition coefficient (Wildman–Crippen LogP) is 4.68. The highest BCUT2D eigenvalue weighted by Gasteiger charge is 2.32. The Labute approximate surface area is 166 Å². The summed E-state index contributed by atoms with van der Waals surface area (Å²) in [5.41, 5.74) is -1.20. The molecule has 2 N–H and O–H groups in total. The van der Waals surface area contributed by atoms with Crippen LogP contribution in [-0.4, -0.2) is 10.9 Å². The van der Waals surface area contributed by atoms with E-state index >= 15 is 0 Å². The van der Waals surface area contributed by atoms with Crippen molar-refractivity contribution < 1.29 is 18.0 Å². The first kappa shape index (κ1) is 19.9. The van der Waals surface area contributed by atoms with Crippen LogP contribution in [0.4, 0.5) is 13.2 Å². The van der Waals surface area contributed by atoms with Gasteiger partial charge in [-0.25, -0.2) is 0 Å². The van der Waals surface area contributed by atoms with Crippen LogP contribution >= 0.6 is 15.9 Å². The SMILES string of the molecule is O=C(NC(c1ccccc1)c1cccc(Br)c1)c1ccc(C(F)(F)F)[nH]c1=O. The van der Waals surface area contributed by atoms with Crippen molar-refractivity contribution >= 4 is 21.8 Å². The van der Waals surface area contributed by atoms with Gasteiger partial charge in [0.05, 0.1) is 6.04 Å². The first-order valence-electron chi connectivity index (χ1n) is 8.17. The number of benzene rings is 2. The number of carbonyl (C=O) groups excluding carboxylic acids is 1. The van der Waals surface area contributed by atoms with Gasteiger partial charge in [-0.3, -0.25) is 9.59 Å². The lowest BCUT2D eigenvalue weighted by Crippen LogP contribution is -2.34. The molecule has 4 nitrogen and oxygen atoms in total. The third-order valence-electron chi connectivity index (χ3n) is 4.05. The van der Waals surface area contributed by atoms with Crippen molar-refractivity contribution in [1.82, 2.24) is 10.3 Å². The van der Waals surface area contributed by atoms with Crippen molar-refractivity contribution in [2.45, 2.75) is 12.2 Å². The summed E-state index contributed by atoms with van der Waals surface area (Å²) >= 11 is 3.38. The van der Waals surface area contributed by atoms with Gasteiger partial charge in [0.2, 0.25) is 0 Å². The molecule has 2 aromatic carbocycles. The van der Waals surface area contributed by atoms with E-state index in [1.165, 1.54) is 0 Å². The maximum atomic E-state index is 12.7. The van der Waals surface area contributed by atoms with E-state index in [0.29, 0.717) is 6.07 Å². The number of pyridine rings is 1. The molecule has 1 amide bonds. The zero-order valence-corrected chi connectivity index (χ0v) is 15.8. The minimum absolute atomic E-state index is 0.399. The summed E-state index contributed by atoms with van der Waals surface area (Å²) in [5.74, 6) is -0.774. The van der Waals surface area contributed by atoms with E-state index in [1.54, 1.807) is 29.2 Å². The van der Waals surface area contributed by atoms with Gasteiger partial charge >= 0.3 is 6.18 Å². The topological polar surface area (TPSA) is 62.0 Å². The smallest absolute Gasteiger partial charge is 0.341 e. The second-order valence-corrected chi connectivity index (χ2v) is 6.90. The van der Waals surface area contributed by atoms with Gasteiger partial charge in [-0.05, 0) is 35.4 Å². The molecule has 0 aliphatic heterocycles. The van der Waals surface area contributed by atoms with Crippen molar-refractivity contribution in [3.63, 3.8) is 0 Å². The molecule has 3 rings (SSSR count). The Bertz CT molecular complexity index is 1050. The van der Waals surface area contributed by atoms with Gasteiger partial charge in [0, 0.05) is 4.47 Å². The van der Waals surface area contributed by atoms with E-state index in [9.17, 15) is 22.8 Å². The minimum atomic E-state index is -4.70. The molecule has 0 radical (unpaired) electrons. The summed E-state index contributed by atoms with van der Waals surface area (Å²) in [4.78, 5) is 26.4. The van der Waals surface area contributed by atoms with Crippen LogP contribution in [0.3, 0.4) is 0 Å². The molecule has 1 heterocycles. The highest BCUT2D eigenvalue weighted by atomic mass is 79.9. The Kier molecular flexibility index (Phi) is 5.69. The molecular weight excluding hydrogens is 437 g/mol. The zero-order valence-electron chi connectivity index (χ0n) is 14.3. The Morgan fingerprint density at radius 1 is 0.964 bits per heavy atom. The predicted molar refractivity (Wildman–Crippen MR) is 102 cm³/mol. The van der Waals surface area contributed by atoms with Crippen LogP contribution in [0.2, 0.25) is 0 Å². The molecule has 0 bridgehead atoms. The third-order valence-corrected chi connectivity index (χ3v) is 4.54. The Balaban J connectivity index is 1.95. The number of aromatic nitrogens is 1. The van der Waals surface area contributed by atoms with Crippen molar-refractivity contribution in [2.75, 3.05) is 0 Å². The zero-order chi connectivity index (χ0) is 20.3. The van der Waals surface area contributed by atoms with Crippen LogP contribution in [0.25, 0.3) is 0 Å². The van der Waals surface area contributed by atoms with E-state index < -0.39 is 34.9 Å². The fraction of sp³-hybridized carbons (Fsp3) is 0.100. The van der Waals surface area contributed by atoms with Crippen molar-refractivity contribution in [3.8, 4) is 0 Å². The molecule has 144 valence electrons. The lowest BCUT2D eigenvalue weighted by Gasteiger charge is -2.20. The van der Waals surface area contributed by atoms with E-state index in [-0.39, 0.29) is 0 Å². The highest BCUT2D eigenvalue weighted by Crippen LogP contribution is 2.27.